The number of amides is 2. The second-order valence-corrected chi connectivity index (χ2v) is 6.53. The maximum Gasteiger partial charge on any atom is 0.257 e. The monoisotopic (exact) mass is 347 g/mol. The molecule has 3 rings (SSSR count). The van der Waals surface area contributed by atoms with Crippen molar-refractivity contribution in [1.82, 2.24) is 25.1 Å². The molecule has 1 atom stereocenters. The van der Waals surface area contributed by atoms with Gasteiger partial charge in [0.2, 0.25) is 5.91 Å². The zero-order valence-corrected chi connectivity index (χ0v) is 14.6. The molecule has 1 N–H and O–H groups in total. The molecule has 0 saturated carbocycles. The van der Waals surface area contributed by atoms with Crippen molar-refractivity contribution in [3.05, 3.63) is 24.3 Å². The van der Waals surface area contributed by atoms with E-state index in [0.29, 0.717) is 31.2 Å². The zero-order valence-electron chi connectivity index (χ0n) is 14.6. The fraction of sp³-hybridized carbons (Fsp3) is 0.647. The lowest BCUT2D eigenvalue weighted by atomic mass is 10.0. The smallest absolute Gasteiger partial charge is 0.257 e. The van der Waals surface area contributed by atoms with E-state index < -0.39 is 0 Å². The third-order valence-electron chi connectivity index (χ3n) is 4.97. The van der Waals surface area contributed by atoms with Crippen LogP contribution in [0.25, 0.3) is 0 Å². The Bertz CT molecular complexity index is 591. The maximum atomic E-state index is 12.8. The summed E-state index contributed by atoms with van der Waals surface area (Å²) >= 11 is 0. The second-order valence-electron chi connectivity index (χ2n) is 6.53. The molecule has 8 heteroatoms. The van der Waals surface area contributed by atoms with E-state index in [1.165, 1.54) is 18.7 Å². The molecule has 2 fully saturated rings. The summed E-state index contributed by atoms with van der Waals surface area (Å²) in [5, 5.41) is 2.73. The average molecular weight is 347 g/mol. The molecule has 25 heavy (non-hydrogen) atoms. The third kappa shape index (κ3) is 4.32. The highest BCUT2D eigenvalue weighted by molar-refractivity contribution is 5.94. The van der Waals surface area contributed by atoms with Crippen molar-refractivity contribution in [2.45, 2.75) is 18.9 Å². The van der Waals surface area contributed by atoms with Crippen LogP contribution in [-0.4, -0.2) is 84.1 Å². The lowest BCUT2D eigenvalue weighted by Gasteiger charge is -2.34. The third-order valence-corrected chi connectivity index (χ3v) is 4.97. The van der Waals surface area contributed by atoms with E-state index in [1.54, 1.807) is 11.9 Å². The van der Waals surface area contributed by atoms with Crippen molar-refractivity contribution in [3.63, 3.8) is 0 Å². The van der Waals surface area contributed by atoms with Crippen LogP contribution < -0.4 is 5.32 Å². The van der Waals surface area contributed by atoms with Crippen molar-refractivity contribution in [1.29, 1.82) is 0 Å². The first-order valence-corrected chi connectivity index (χ1v) is 8.76. The summed E-state index contributed by atoms with van der Waals surface area (Å²) < 4.78 is 5.45. The topological polar surface area (TPSA) is 87.7 Å². The summed E-state index contributed by atoms with van der Waals surface area (Å²) in [6.45, 7) is 3.95. The Morgan fingerprint density at radius 1 is 1.16 bits per heavy atom. The number of ether oxygens (including phenoxy) is 1. The number of nitrogens with one attached hydrogen (secondary N) is 1. The first-order chi connectivity index (χ1) is 12.2. The molecule has 2 aliphatic rings. The predicted octanol–water partition coefficient (Wildman–Crippen LogP) is -0.224. The molecule has 0 unspecified atom stereocenters. The molecular weight excluding hydrogens is 322 g/mol. The van der Waals surface area contributed by atoms with E-state index in [4.69, 9.17) is 4.74 Å². The Balaban J connectivity index is 1.75. The normalized spacial score (nSPS) is 23.1. The van der Waals surface area contributed by atoms with Gasteiger partial charge in [-0.1, -0.05) is 0 Å². The molecule has 136 valence electrons. The predicted molar refractivity (Wildman–Crippen MR) is 90.9 cm³/mol. The van der Waals surface area contributed by atoms with Gasteiger partial charge in [-0.2, -0.15) is 0 Å². The molecule has 3 heterocycles. The van der Waals surface area contributed by atoms with Crippen LogP contribution in [0.15, 0.2) is 18.7 Å². The minimum Gasteiger partial charge on any atom is -0.381 e. The van der Waals surface area contributed by atoms with Crippen LogP contribution in [0.4, 0.5) is 0 Å². The molecule has 1 aromatic heterocycles. The maximum absolute atomic E-state index is 12.8. The number of carbonyl (C=O) groups is 2. The summed E-state index contributed by atoms with van der Waals surface area (Å²) in [6, 6.07) is 0.413. The van der Waals surface area contributed by atoms with E-state index >= 15 is 0 Å². The molecule has 0 bridgehead atoms. The van der Waals surface area contributed by atoms with Crippen LogP contribution in [0.5, 0.6) is 0 Å². The SMILES string of the molecule is CNC(=O)[C@@H]1CN(C(=O)c2cncnc2)CCN(C2CCOCC2)C1. The van der Waals surface area contributed by atoms with E-state index in [1.807, 2.05) is 0 Å². The van der Waals surface area contributed by atoms with Crippen LogP contribution in [0.1, 0.15) is 23.2 Å². The average Bonchev–Trinajstić information content (AvgIpc) is 2.91. The van der Waals surface area contributed by atoms with Crippen molar-refractivity contribution >= 4 is 11.8 Å². The fourth-order valence-corrected chi connectivity index (χ4v) is 3.57. The minimum absolute atomic E-state index is 0.0268. The van der Waals surface area contributed by atoms with E-state index in [2.05, 4.69) is 20.2 Å². The molecule has 0 radical (unpaired) electrons. The van der Waals surface area contributed by atoms with Gasteiger partial charge in [-0.15, -0.1) is 0 Å². The number of aromatic nitrogens is 2. The van der Waals surface area contributed by atoms with Gasteiger partial charge in [0.25, 0.3) is 5.91 Å². The van der Waals surface area contributed by atoms with Crippen molar-refractivity contribution in [2.24, 2.45) is 5.92 Å². The molecule has 2 amide bonds. The molecular formula is C17H25N5O3. The van der Waals surface area contributed by atoms with Gasteiger partial charge in [0.15, 0.2) is 0 Å². The summed E-state index contributed by atoms with van der Waals surface area (Å²) in [6.07, 6.45) is 6.39. The Morgan fingerprint density at radius 2 is 1.88 bits per heavy atom. The quantitative estimate of drug-likeness (QED) is 0.813. The standard InChI is InChI=1S/C17H25N5O3/c1-18-16(23)14-10-21(15-2-6-25-7-3-15)4-5-22(11-14)17(24)13-8-19-12-20-9-13/h8-9,12,14-15H,2-7,10-11H2,1H3,(H,18,23)/t14-/m0/s1. The van der Waals surface area contributed by atoms with Crippen LogP contribution in [0, 0.1) is 5.92 Å². The van der Waals surface area contributed by atoms with Gasteiger partial charge in [0, 0.05) is 64.9 Å². The van der Waals surface area contributed by atoms with Crippen molar-refractivity contribution in [2.75, 3.05) is 46.4 Å². The Kier molecular flexibility index (Phi) is 5.93. The van der Waals surface area contributed by atoms with Crippen LogP contribution in [0.2, 0.25) is 0 Å². The lowest BCUT2D eigenvalue weighted by molar-refractivity contribution is -0.125. The summed E-state index contributed by atoms with van der Waals surface area (Å²) in [5.41, 5.74) is 0.456. The van der Waals surface area contributed by atoms with Gasteiger partial charge in [0.05, 0.1) is 11.5 Å². The second kappa shape index (κ2) is 8.35. The highest BCUT2D eigenvalue weighted by Crippen LogP contribution is 2.20. The number of rotatable bonds is 3. The number of hydrogen-bond acceptors (Lipinski definition) is 6. The lowest BCUT2D eigenvalue weighted by Crippen LogP contribution is -2.45. The highest BCUT2D eigenvalue weighted by Gasteiger charge is 2.33. The molecule has 1 aromatic rings. The van der Waals surface area contributed by atoms with Crippen LogP contribution in [-0.2, 0) is 9.53 Å². The van der Waals surface area contributed by atoms with Gasteiger partial charge in [-0.05, 0) is 12.8 Å². The molecule has 2 aliphatic heterocycles. The molecule has 0 aliphatic carbocycles. The van der Waals surface area contributed by atoms with Gasteiger partial charge >= 0.3 is 0 Å². The van der Waals surface area contributed by atoms with Gasteiger partial charge < -0.3 is 15.0 Å². The summed E-state index contributed by atoms with van der Waals surface area (Å²) in [5.74, 6) is -0.395. The molecule has 0 spiro atoms. The zero-order chi connectivity index (χ0) is 17.6. The molecule has 2 saturated heterocycles. The fourth-order valence-electron chi connectivity index (χ4n) is 3.57. The number of hydrogen-bond donors (Lipinski definition) is 1. The summed E-state index contributed by atoms with van der Waals surface area (Å²) in [4.78, 5) is 37.0. The molecule has 8 nitrogen and oxygen atoms in total. The Hall–Kier alpha value is -2.06. The van der Waals surface area contributed by atoms with Gasteiger partial charge in [-0.25, -0.2) is 9.97 Å². The van der Waals surface area contributed by atoms with Gasteiger partial charge in [0.1, 0.15) is 6.33 Å². The van der Waals surface area contributed by atoms with Crippen molar-refractivity contribution < 1.29 is 14.3 Å². The summed E-state index contributed by atoms with van der Waals surface area (Å²) in [7, 11) is 1.64. The van der Waals surface area contributed by atoms with E-state index in [-0.39, 0.29) is 17.7 Å². The van der Waals surface area contributed by atoms with E-state index in [9.17, 15) is 9.59 Å². The van der Waals surface area contributed by atoms with Crippen LogP contribution >= 0.6 is 0 Å². The highest BCUT2D eigenvalue weighted by atomic mass is 16.5. The largest absolute Gasteiger partial charge is 0.381 e. The van der Waals surface area contributed by atoms with Crippen molar-refractivity contribution in [3.8, 4) is 0 Å². The first kappa shape index (κ1) is 17.8. The Morgan fingerprint density at radius 3 is 2.56 bits per heavy atom. The minimum atomic E-state index is -0.246. The number of nitrogens with zero attached hydrogens (tertiary/aromatic N) is 4. The molecule has 0 aromatic carbocycles. The first-order valence-electron chi connectivity index (χ1n) is 8.76. The van der Waals surface area contributed by atoms with E-state index in [0.717, 1.165) is 32.6 Å². The number of carbonyl (C=O) groups excluding carboxylic acids is 2. The Labute approximate surface area is 147 Å². The van der Waals surface area contributed by atoms with Crippen LogP contribution in [0.3, 0.4) is 0 Å². The van der Waals surface area contributed by atoms with Gasteiger partial charge in [-0.3, -0.25) is 14.5 Å².